The number of anilines is 1. The molecule has 1 aromatic rings. The molecule has 30 heavy (non-hydrogen) atoms. The number of aromatic hydroxyl groups is 1. The minimum atomic E-state index is 0.160. The molecule has 0 bridgehead atoms. The van der Waals surface area contributed by atoms with Crippen molar-refractivity contribution in [2.24, 2.45) is 0 Å². The first-order valence-electron chi connectivity index (χ1n) is 11.9. The van der Waals surface area contributed by atoms with Gasteiger partial charge in [0.2, 0.25) is 5.91 Å². The molecule has 3 fully saturated rings. The van der Waals surface area contributed by atoms with E-state index in [1.165, 1.54) is 64.5 Å². The maximum atomic E-state index is 12.8. The van der Waals surface area contributed by atoms with E-state index in [-0.39, 0.29) is 11.4 Å². The molecule has 0 spiro atoms. The summed E-state index contributed by atoms with van der Waals surface area (Å²) in [7, 11) is 0. The summed E-state index contributed by atoms with van der Waals surface area (Å²) in [6.07, 6.45) is 10.3. The fraction of sp³-hybridized carbons (Fsp3) is 0.708. The Labute approximate surface area is 181 Å². The fourth-order valence-corrected chi connectivity index (χ4v) is 5.58. The summed E-state index contributed by atoms with van der Waals surface area (Å²) in [5.41, 5.74) is 1.08. The number of phenolic OH excluding ortho intramolecular Hbond substituents is 1. The van der Waals surface area contributed by atoms with Crippen molar-refractivity contribution in [2.75, 3.05) is 57.3 Å². The number of nitrogens with one attached hydrogen (secondary N) is 1. The Morgan fingerprint density at radius 1 is 0.900 bits per heavy atom. The van der Waals surface area contributed by atoms with Crippen molar-refractivity contribution in [3.63, 3.8) is 0 Å². The summed E-state index contributed by atoms with van der Waals surface area (Å²) in [6, 6.07) is 7.50. The van der Waals surface area contributed by atoms with Crippen molar-refractivity contribution in [2.45, 2.75) is 56.9 Å². The Kier molecular flexibility index (Phi) is 7.16. The molecule has 0 atom stereocenters. The van der Waals surface area contributed by atoms with Crippen LogP contribution in [0.3, 0.4) is 0 Å². The molecule has 3 aliphatic rings. The van der Waals surface area contributed by atoms with Gasteiger partial charge in [0.05, 0.1) is 12.2 Å². The summed E-state index contributed by atoms with van der Waals surface area (Å²) in [6.45, 7) is 7.05. The smallest absolute Gasteiger partial charge is 0.234 e. The van der Waals surface area contributed by atoms with Gasteiger partial charge in [-0.15, -0.1) is 0 Å². The number of carbonyl (C=O) groups excluding carboxylic acids is 1. The lowest BCUT2D eigenvalue weighted by atomic mass is 9.79. The van der Waals surface area contributed by atoms with Gasteiger partial charge in [0.1, 0.15) is 5.75 Å². The molecule has 2 saturated heterocycles. The van der Waals surface area contributed by atoms with Crippen LogP contribution < -0.4 is 10.2 Å². The lowest BCUT2D eigenvalue weighted by Crippen LogP contribution is -2.59. The van der Waals surface area contributed by atoms with E-state index in [1.807, 2.05) is 18.2 Å². The third-order valence-corrected chi connectivity index (χ3v) is 7.39. The van der Waals surface area contributed by atoms with Crippen molar-refractivity contribution in [1.82, 2.24) is 15.1 Å². The summed E-state index contributed by atoms with van der Waals surface area (Å²) < 4.78 is 0. The topological polar surface area (TPSA) is 59.1 Å². The van der Waals surface area contributed by atoms with Crippen LogP contribution in [0.2, 0.25) is 0 Å². The van der Waals surface area contributed by atoms with Crippen molar-refractivity contribution in [3.8, 4) is 5.75 Å². The summed E-state index contributed by atoms with van der Waals surface area (Å²) in [5.74, 6) is 0.493. The Hall–Kier alpha value is -1.79. The lowest BCUT2D eigenvalue weighted by molar-refractivity contribution is -0.123. The van der Waals surface area contributed by atoms with Crippen LogP contribution in [0.25, 0.3) is 0 Å². The van der Waals surface area contributed by atoms with Crippen LogP contribution in [0.15, 0.2) is 24.3 Å². The van der Waals surface area contributed by atoms with Crippen LogP contribution in [-0.4, -0.2) is 78.7 Å². The second kappa shape index (κ2) is 10.0. The second-order valence-corrected chi connectivity index (χ2v) is 9.36. The molecule has 6 heteroatoms. The first-order valence-corrected chi connectivity index (χ1v) is 11.9. The number of para-hydroxylation sites is 2. The number of likely N-dealkylation sites (tertiary alicyclic amines) is 1. The van der Waals surface area contributed by atoms with Crippen LogP contribution in [0.5, 0.6) is 5.75 Å². The number of hydrogen-bond donors (Lipinski definition) is 2. The number of piperazine rings is 1. The number of nitrogens with zero attached hydrogens (tertiary/aromatic N) is 3. The van der Waals surface area contributed by atoms with E-state index in [1.54, 1.807) is 6.07 Å². The maximum Gasteiger partial charge on any atom is 0.234 e. The molecule has 1 amide bonds. The third-order valence-electron chi connectivity index (χ3n) is 7.39. The molecule has 2 aliphatic heterocycles. The van der Waals surface area contributed by atoms with Gasteiger partial charge in [-0.1, -0.05) is 37.8 Å². The van der Waals surface area contributed by atoms with Gasteiger partial charge >= 0.3 is 0 Å². The summed E-state index contributed by atoms with van der Waals surface area (Å²) in [5, 5.41) is 13.4. The summed E-state index contributed by atoms with van der Waals surface area (Å²) in [4.78, 5) is 19.9. The summed E-state index contributed by atoms with van der Waals surface area (Å²) >= 11 is 0. The molecule has 0 radical (unpaired) electrons. The van der Waals surface area contributed by atoms with Gasteiger partial charge in [-0.05, 0) is 50.9 Å². The maximum absolute atomic E-state index is 12.8. The molecular weight excluding hydrogens is 376 g/mol. The van der Waals surface area contributed by atoms with Gasteiger partial charge in [0.25, 0.3) is 0 Å². The van der Waals surface area contributed by atoms with E-state index in [0.29, 0.717) is 12.3 Å². The highest BCUT2D eigenvalue weighted by atomic mass is 16.3. The molecule has 0 aromatic heterocycles. The average Bonchev–Trinajstić information content (AvgIpc) is 2.80. The number of piperidine rings is 1. The quantitative estimate of drug-likeness (QED) is 0.750. The molecule has 1 aromatic carbocycles. The minimum Gasteiger partial charge on any atom is -0.506 e. The molecule has 2 N–H and O–H groups in total. The SMILES string of the molecule is O=C(CN1CCN(c2ccccc2O)CC1)NCC1(N2CCCCC2)CCCCC1. The van der Waals surface area contributed by atoms with Crippen molar-refractivity contribution in [3.05, 3.63) is 24.3 Å². The molecule has 166 valence electrons. The molecule has 1 saturated carbocycles. The zero-order valence-corrected chi connectivity index (χ0v) is 18.3. The number of phenols is 1. The lowest BCUT2D eigenvalue weighted by Gasteiger charge is -2.48. The largest absolute Gasteiger partial charge is 0.506 e. The normalized spacial score (nSPS) is 23.3. The van der Waals surface area contributed by atoms with Crippen LogP contribution in [0.4, 0.5) is 5.69 Å². The van der Waals surface area contributed by atoms with Crippen LogP contribution in [0.1, 0.15) is 51.4 Å². The third kappa shape index (κ3) is 5.09. The highest BCUT2D eigenvalue weighted by Crippen LogP contribution is 2.35. The Balaban J connectivity index is 1.26. The van der Waals surface area contributed by atoms with Gasteiger partial charge in [-0.3, -0.25) is 14.6 Å². The van der Waals surface area contributed by atoms with Crippen molar-refractivity contribution < 1.29 is 9.90 Å². The zero-order valence-electron chi connectivity index (χ0n) is 18.3. The van der Waals surface area contributed by atoms with E-state index in [9.17, 15) is 9.90 Å². The van der Waals surface area contributed by atoms with Gasteiger partial charge < -0.3 is 15.3 Å². The van der Waals surface area contributed by atoms with Gasteiger partial charge in [0, 0.05) is 38.3 Å². The Bertz CT molecular complexity index is 690. The predicted octanol–water partition coefficient (Wildman–Crippen LogP) is 2.82. The first kappa shape index (κ1) is 21.4. The number of hydrogen-bond acceptors (Lipinski definition) is 5. The Morgan fingerprint density at radius 2 is 1.57 bits per heavy atom. The monoisotopic (exact) mass is 414 g/mol. The van der Waals surface area contributed by atoms with E-state index in [4.69, 9.17) is 0 Å². The number of benzene rings is 1. The first-order chi connectivity index (χ1) is 14.7. The predicted molar refractivity (Wildman–Crippen MR) is 121 cm³/mol. The molecule has 6 nitrogen and oxygen atoms in total. The van der Waals surface area contributed by atoms with E-state index >= 15 is 0 Å². The van der Waals surface area contributed by atoms with E-state index in [0.717, 1.165) is 38.4 Å². The second-order valence-electron chi connectivity index (χ2n) is 9.36. The van der Waals surface area contributed by atoms with Crippen LogP contribution in [0, 0.1) is 0 Å². The standard InChI is InChI=1S/C24H38N4O2/c29-22-10-4-3-9-21(22)27-17-15-26(16-18-27)19-23(30)25-20-24(11-5-1-6-12-24)28-13-7-2-8-14-28/h3-4,9-10,29H,1-2,5-8,11-20H2,(H,25,30). The number of carbonyl (C=O) groups is 1. The molecule has 0 unspecified atom stereocenters. The van der Waals surface area contributed by atoms with Crippen LogP contribution in [-0.2, 0) is 4.79 Å². The fourth-order valence-electron chi connectivity index (χ4n) is 5.58. The van der Waals surface area contributed by atoms with Gasteiger partial charge in [-0.2, -0.15) is 0 Å². The number of amides is 1. The highest BCUT2D eigenvalue weighted by molar-refractivity contribution is 5.78. The number of rotatable bonds is 6. The van der Waals surface area contributed by atoms with E-state index in [2.05, 4.69) is 20.0 Å². The zero-order chi connectivity index (χ0) is 20.8. The molecule has 2 heterocycles. The molecule has 1 aliphatic carbocycles. The Morgan fingerprint density at radius 3 is 2.27 bits per heavy atom. The van der Waals surface area contributed by atoms with Gasteiger partial charge in [0.15, 0.2) is 0 Å². The van der Waals surface area contributed by atoms with Crippen LogP contribution >= 0.6 is 0 Å². The highest BCUT2D eigenvalue weighted by Gasteiger charge is 2.38. The molecule has 4 rings (SSSR count). The van der Waals surface area contributed by atoms with Crippen molar-refractivity contribution in [1.29, 1.82) is 0 Å². The van der Waals surface area contributed by atoms with E-state index < -0.39 is 0 Å². The average molecular weight is 415 g/mol. The minimum absolute atomic E-state index is 0.160. The van der Waals surface area contributed by atoms with Gasteiger partial charge in [-0.25, -0.2) is 0 Å². The van der Waals surface area contributed by atoms with Crippen molar-refractivity contribution >= 4 is 11.6 Å². The molecular formula is C24H38N4O2.